The number of hydrogen-bond donors (Lipinski definition) is 2. The first-order valence-corrected chi connectivity index (χ1v) is 5.93. The minimum Gasteiger partial charge on any atom is -0.396 e. The number of aliphatic hydroxyl groups is 1. The Morgan fingerprint density at radius 1 is 1.24 bits per heavy atom. The summed E-state index contributed by atoms with van der Waals surface area (Å²) in [5, 5.41) is 9.37. The van der Waals surface area contributed by atoms with E-state index in [1.807, 2.05) is 36.5 Å². The van der Waals surface area contributed by atoms with E-state index in [4.69, 9.17) is 0 Å². The molecule has 1 aromatic carbocycles. The van der Waals surface area contributed by atoms with E-state index >= 15 is 0 Å². The van der Waals surface area contributed by atoms with Gasteiger partial charge in [0.05, 0.1) is 18.5 Å². The predicted octanol–water partition coefficient (Wildman–Crippen LogP) is 2.81. The van der Waals surface area contributed by atoms with Crippen molar-refractivity contribution < 1.29 is 5.11 Å². The van der Waals surface area contributed by atoms with Crippen LogP contribution >= 0.6 is 0 Å². The second-order valence-electron chi connectivity index (χ2n) is 4.58. The molecule has 0 saturated carbocycles. The first-order chi connectivity index (χ1) is 8.22. The van der Waals surface area contributed by atoms with Gasteiger partial charge in [0.1, 0.15) is 5.82 Å². The fraction of sp³-hybridized carbons (Fsp3) is 0.357. The molecule has 2 N–H and O–H groups in total. The molecule has 3 heteroatoms. The number of imidazole rings is 1. The van der Waals surface area contributed by atoms with Crippen LogP contribution in [-0.2, 0) is 0 Å². The molecule has 0 amide bonds. The van der Waals surface area contributed by atoms with Crippen molar-refractivity contribution in [1.82, 2.24) is 9.97 Å². The summed E-state index contributed by atoms with van der Waals surface area (Å²) in [6.45, 7) is 4.30. The van der Waals surface area contributed by atoms with Crippen molar-refractivity contribution in [2.75, 3.05) is 6.61 Å². The van der Waals surface area contributed by atoms with Gasteiger partial charge in [-0.1, -0.05) is 44.2 Å². The number of H-pyrrole nitrogens is 1. The summed E-state index contributed by atoms with van der Waals surface area (Å²) in [5.74, 6) is 1.31. The molecule has 0 bridgehead atoms. The van der Waals surface area contributed by atoms with Crippen LogP contribution in [0.2, 0.25) is 0 Å². The highest BCUT2D eigenvalue weighted by molar-refractivity contribution is 5.58. The SMILES string of the molecule is CC(C)C(CO)c1ncc(-c2ccccc2)[nH]1. The van der Waals surface area contributed by atoms with Gasteiger partial charge >= 0.3 is 0 Å². The normalized spacial score (nSPS) is 12.9. The third-order valence-electron chi connectivity index (χ3n) is 3.03. The predicted molar refractivity (Wildman–Crippen MR) is 68.7 cm³/mol. The third kappa shape index (κ3) is 2.56. The van der Waals surface area contributed by atoms with E-state index in [1.165, 1.54) is 0 Å². The van der Waals surface area contributed by atoms with Gasteiger partial charge in [-0.05, 0) is 11.5 Å². The quantitative estimate of drug-likeness (QED) is 0.848. The molecular formula is C14H18N2O. The lowest BCUT2D eigenvalue weighted by atomic mass is 9.96. The molecular weight excluding hydrogens is 212 g/mol. The first-order valence-electron chi connectivity index (χ1n) is 5.93. The summed E-state index contributed by atoms with van der Waals surface area (Å²) in [6.07, 6.45) is 1.83. The van der Waals surface area contributed by atoms with Gasteiger partial charge in [-0.3, -0.25) is 0 Å². The van der Waals surface area contributed by atoms with Crippen LogP contribution in [0.5, 0.6) is 0 Å². The third-order valence-corrected chi connectivity index (χ3v) is 3.03. The average Bonchev–Trinajstić information content (AvgIpc) is 2.80. The molecule has 0 aliphatic heterocycles. The van der Waals surface area contributed by atoms with Crippen LogP contribution in [0.3, 0.4) is 0 Å². The Morgan fingerprint density at radius 2 is 1.94 bits per heavy atom. The molecule has 1 atom stereocenters. The lowest BCUT2D eigenvalue weighted by molar-refractivity contribution is 0.232. The van der Waals surface area contributed by atoms with E-state index in [-0.39, 0.29) is 12.5 Å². The van der Waals surface area contributed by atoms with Crippen LogP contribution in [0.25, 0.3) is 11.3 Å². The van der Waals surface area contributed by atoms with Gasteiger partial charge in [-0.25, -0.2) is 4.98 Å². The van der Waals surface area contributed by atoms with Crippen LogP contribution in [0.4, 0.5) is 0 Å². The van der Waals surface area contributed by atoms with Gasteiger partial charge in [0.25, 0.3) is 0 Å². The lowest BCUT2D eigenvalue weighted by Crippen LogP contribution is -2.12. The minimum absolute atomic E-state index is 0.0764. The van der Waals surface area contributed by atoms with Gasteiger partial charge in [-0.15, -0.1) is 0 Å². The van der Waals surface area contributed by atoms with E-state index in [0.717, 1.165) is 17.1 Å². The fourth-order valence-electron chi connectivity index (χ4n) is 1.90. The van der Waals surface area contributed by atoms with Gasteiger partial charge < -0.3 is 10.1 Å². The first kappa shape index (κ1) is 11.9. The number of nitrogens with zero attached hydrogens (tertiary/aromatic N) is 1. The second-order valence-corrected chi connectivity index (χ2v) is 4.58. The van der Waals surface area contributed by atoms with Crippen molar-refractivity contribution in [3.8, 4) is 11.3 Å². The Labute approximate surface area is 102 Å². The van der Waals surface area contributed by atoms with Crippen molar-refractivity contribution in [2.24, 2.45) is 5.92 Å². The van der Waals surface area contributed by atoms with Crippen LogP contribution < -0.4 is 0 Å². The summed E-state index contributed by atoms with van der Waals surface area (Å²) < 4.78 is 0. The molecule has 1 heterocycles. The highest BCUT2D eigenvalue weighted by atomic mass is 16.3. The Hall–Kier alpha value is -1.61. The van der Waals surface area contributed by atoms with Gasteiger partial charge in [-0.2, -0.15) is 0 Å². The van der Waals surface area contributed by atoms with Crippen molar-refractivity contribution in [3.05, 3.63) is 42.4 Å². The Kier molecular flexibility index (Phi) is 3.59. The average molecular weight is 230 g/mol. The number of hydrogen-bond acceptors (Lipinski definition) is 2. The second kappa shape index (κ2) is 5.15. The molecule has 3 nitrogen and oxygen atoms in total. The summed E-state index contributed by atoms with van der Waals surface area (Å²) in [4.78, 5) is 7.66. The highest BCUT2D eigenvalue weighted by Crippen LogP contribution is 2.24. The molecule has 17 heavy (non-hydrogen) atoms. The zero-order valence-corrected chi connectivity index (χ0v) is 10.2. The summed E-state index contributed by atoms with van der Waals surface area (Å²) >= 11 is 0. The van der Waals surface area contributed by atoms with E-state index in [9.17, 15) is 5.11 Å². The standard InChI is InChI=1S/C14H18N2O/c1-10(2)12(9-17)14-15-8-13(16-14)11-6-4-3-5-7-11/h3-8,10,12,17H,9H2,1-2H3,(H,15,16). The number of aromatic nitrogens is 2. The van der Waals surface area contributed by atoms with Crippen LogP contribution in [0.15, 0.2) is 36.5 Å². The van der Waals surface area contributed by atoms with Gasteiger partial charge in [0.15, 0.2) is 0 Å². The molecule has 90 valence electrons. The molecule has 0 spiro atoms. The molecule has 1 aromatic heterocycles. The molecule has 0 aliphatic carbocycles. The van der Waals surface area contributed by atoms with Crippen molar-refractivity contribution in [2.45, 2.75) is 19.8 Å². The lowest BCUT2D eigenvalue weighted by Gasteiger charge is -2.15. The Bertz CT molecular complexity index is 462. The number of rotatable bonds is 4. The summed E-state index contributed by atoms with van der Waals surface area (Å²) in [7, 11) is 0. The molecule has 2 aromatic rings. The smallest absolute Gasteiger partial charge is 0.112 e. The molecule has 2 rings (SSSR count). The van der Waals surface area contributed by atoms with Gasteiger partial charge in [0.2, 0.25) is 0 Å². The number of nitrogens with one attached hydrogen (secondary N) is 1. The maximum absolute atomic E-state index is 9.37. The van der Waals surface area contributed by atoms with Gasteiger partial charge in [0, 0.05) is 5.92 Å². The molecule has 0 saturated heterocycles. The van der Waals surface area contributed by atoms with Crippen LogP contribution in [0.1, 0.15) is 25.6 Å². The van der Waals surface area contributed by atoms with Crippen molar-refractivity contribution in [1.29, 1.82) is 0 Å². The Morgan fingerprint density at radius 3 is 2.53 bits per heavy atom. The monoisotopic (exact) mass is 230 g/mol. The number of aromatic amines is 1. The number of aliphatic hydroxyl groups excluding tert-OH is 1. The van der Waals surface area contributed by atoms with E-state index in [2.05, 4.69) is 23.8 Å². The zero-order valence-electron chi connectivity index (χ0n) is 10.2. The van der Waals surface area contributed by atoms with E-state index in [1.54, 1.807) is 0 Å². The largest absolute Gasteiger partial charge is 0.396 e. The van der Waals surface area contributed by atoms with Crippen molar-refractivity contribution in [3.63, 3.8) is 0 Å². The molecule has 0 radical (unpaired) electrons. The topological polar surface area (TPSA) is 48.9 Å². The van der Waals surface area contributed by atoms with E-state index in [0.29, 0.717) is 5.92 Å². The van der Waals surface area contributed by atoms with Crippen LogP contribution in [-0.4, -0.2) is 21.7 Å². The summed E-state index contributed by atoms with van der Waals surface area (Å²) in [5.41, 5.74) is 2.12. The van der Waals surface area contributed by atoms with Crippen molar-refractivity contribution >= 4 is 0 Å². The maximum Gasteiger partial charge on any atom is 0.112 e. The fourth-order valence-corrected chi connectivity index (χ4v) is 1.90. The molecule has 0 fully saturated rings. The maximum atomic E-state index is 9.37. The number of benzene rings is 1. The highest BCUT2D eigenvalue weighted by Gasteiger charge is 2.18. The summed E-state index contributed by atoms with van der Waals surface area (Å²) in [6, 6.07) is 10.1. The molecule has 0 aliphatic rings. The van der Waals surface area contributed by atoms with E-state index < -0.39 is 0 Å². The zero-order chi connectivity index (χ0) is 12.3. The molecule has 1 unspecified atom stereocenters. The Balaban J connectivity index is 2.27. The van der Waals surface area contributed by atoms with Crippen LogP contribution in [0, 0.1) is 5.92 Å². The minimum atomic E-state index is 0.0764.